The Kier molecular flexibility index (Phi) is 1.31. The Hall–Kier alpha value is -0.370. The molecular formula is C8H12O2. The molecule has 0 unspecified atom stereocenters. The standard InChI is InChI=1S/C8H12O2/c1-10-8-3-5-2-6(9)4-7(5)8/h5,7-8H,2-4H2,1H3/t5-,7-,8-/m1/s1. The van der Waals surface area contributed by atoms with Gasteiger partial charge in [-0.05, 0) is 18.3 Å². The van der Waals surface area contributed by atoms with Crippen molar-refractivity contribution in [2.24, 2.45) is 11.8 Å². The molecule has 2 rings (SSSR count). The molecule has 2 fully saturated rings. The van der Waals surface area contributed by atoms with Crippen molar-refractivity contribution in [3.05, 3.63) is 0 Å². The van der Waals surface area contributed by atoms with Crippen molar-refractivity contribution >= 4 is 5.78 Å². The van der Waals surface area contributed by atoms with Crippen LogP contribution in [-0.2, 0) is 9.53 Å². The molecule has 0 radical (unpaired) electrons. The van der Waals surface area contributed by atoms with Gasteiger partial charge in [-0.25, -0.2) is 0 Å². The van der Waals surface area contributed by atoms with Crippen LogP contribution in [0.4, 0.5) is 0 Å². The zero-order chi connectivity index (χ0) is 7.14. The Bertz CT molecular complexity index is 165. The van der Waals surface area contributed by atoms with Crippen LogP contribution in [0.5, 0.6) is 0 Å². The quantitative estimate of drug-likeness (QED) is 0.543. The van der Waals surface area contributed by atoms with Crippen LogP contribution >= 0.6 is 0 Å². The summed E-state index contributed by atoms with van der Waals surface area (Å²) in [6, 6.07) is 0. The molecule has 2 heteroatoms. The second-order valence-corrected chi connectivity index (χ2v) is 3.38. The average molecular weight is 140 g/mol. The molecule has 2 aliphatic carbocycles. The van der Waals surface area contributed by atoms with Gasteiger partial charge < -0.3 is 4.74 Å². The lowest BCUT2D eigenvalue weighted by Gasteiger charge is -2.38. The number of methoxy groups -OCH3 is 1. The van der Waals surface area contributed by atoms with Crippen molar-refractivity contribution in [2.45, 2.75) is 25.4 Å². The van der Waals surface area contributed by atoms with Gasteiger partial charge >= 0.3 is 0 Å². The van der Waals surface area contributed by atoms with Crippen molar-refractivity contribution in [1.82, 2.24) is 0 Å². The van der Waals surface area contributed by atoms with Gasteiger partial charge in [-0.2, -0.15) is 0 Å². The van der Waals surface area contributed by atoms with E-state index in [-0.39, 0.29) is 0 Å². The predicted molar refractivity (Wildman–Crippen MR) is 36.6 cm³/mol. The fourth-order valence-corrected chi connectivity index (χ4v) is 2.20. The number of rotatable bonds is 1. The lowest BCUT2D eigenvalue weighted by molar-refractivity contribution is -0.117. The lowest BCUT2D eigenvalue weighted by atomic mass is 9.73. The maximum Gasteiger partial charge on any atom is 0.133 e. The first-order valence-corrected chi connectivity index (χ1v) is 3.85. The van der Waals surface area contributed by atoms with E-state index in [9.17, 15) is 4.79 Å². The summed E-state index contributed by atoms with van der Waals surface area (Å²) in [5.74, 6) is 1.70. The van der Waals surface area contributed by atoms with Crippen LogP contribution in [0.2, 0.25) is 0 Å². The highest BCUT2D eigenvalue weighted by molar-refractivity contribution is 5.81. The maximum atomic E-state index is 10.9. The minimum absolute atomic E-state index is 0.399. The fraction of sp³-hybridized carbons (Fsp3) is 0.875. The summed E-state index contributed by atoms with van der Waals surface area (Å²) in [6.07, 6.45) is 3.12. The highest BCUT2D eigenvalue weighted by atomic mass is 16.5. The molecule has 0 aromatic carbocycles. The molecule has 2 aliphatic rings. The third-order valence-electron chi connectivity index (χ3n) is 2.87. The van der Waals surface area contributed by atoms with Crippen LogP contribution in [0.25, 0.3) is 0 Å². The molecule has 2 saturated carbocycles. The zero-order valence-corrected chi connectivity index (χ0v) is 6.17. The monoisotopic (exact) mass is 140 g/mol. The van der Waals surface area contributed by atoms with Gasteiger partial charge in [-0.3, -0.25) is 4.79 Å². The number of ketones is 1. The molecule has 0 bridgehead atoms. The van der Waals surface area contributed by atoms with Gasteiger partial charge in [0.05, 0.1) is 6.10 Å². The van der Waals surface area contributed by atoms with Crippen LogP contribution in [0.3, 0.4) is 0 Å². The van der Waals surface area contributed by atoms with Crippen LogP contribution in [0.1, 0.15) is 19.3 Å². The van der Waals surface area contributed by atoms with Crippen molar-refractivity contribution < 1.29 is 9.53 Å². The van der Waals surface area contributed by atoms with Crippen molar-refractivity contribution in [3.8, 4) is 0 Å². The zero-order valence-electron chi connectivity index (χ0n) is 6.17. The van der Waals surface area contributed by atoms with E-state index in [1.165, 1.54) is 0 Å². The summed E-state index contributed by atoms with van der Waals surface area (Å²) in [6.45, 7) is 0. The highest BCUT2D eigenvalue weighted by Crippen LogP contribution is 2.46. The smallest absolute Gasteiger partial charge is 0.133 e. The maximum absolute atomic E-state index is 10.9. The summed E-state index contributed by atoms with van der Waals surface area (Å²) in [5, 5.41) is 0. The van der Waals surface area contributed by atoms with Crippen molar-refractivity contribution in [1.29, 1.82) is 0 Å². The molecule has 0 saturated heterocycles. The molecule has 0 aromatic heterocycles. The number of ether oxygens (including phenoxy) is 1. The lowest BCUT2D eigenvalue weighted by Crippen LogP contribution is -2.38. The Labute approximate surface area is 60.6 Å². The Morgan fingerprint density at radius 1 is 1.50 bits per heavy atom. The molecule has 0 spiro atoms. The third kappa shape index (κ3) is 0.717. The van der Waals surface area contributed by atoms with Crippen LogP contribution in [0, 0.1) is 11.8 Å². The highest BCUT2D eigenvalue weighted by Gasteiger charge is 2.47. The van der Waals surface area contributed by atoms with E-state index in [2.05, 4.69) is 0 Å². The molecule has 0 heterocycles. The van der Waals surface area contributed by atoms with Crippen molar-refractivity contribution in [3.63, 3.8) is 0 Å². The van der Waals surface area contributed by atoms with E-state index in [1.54, 1.807) is 7.11 Å². The number of fused-ring (bicyclic) bond motifs is 1. The van der Waals surface area contributed by atoms with Gasteiger partial charge in [0.1, 0.15) is 5.78 Å². The summed E-state index contributed by atoms with van der Waals surface area (Å²) < 4.78 is 5.20. The van der Waals surface area contributed by atoms with E-state index < -0.39 is 0 Å². The first-order chi connectivity index (χ1) is 4.81. The number of carbonyl (C=O) groups is 1. The summed E-state index contributed by atoms with van der Waals surface area (Å²) in [5.41, 5.74) is 0. The molecule has 0 aliphatic heterocycles. The van der Waals surface area contributed by atoms with Gasteiger partial charge in [0.2, 0.25) is 0 Å². The molecule has 3 atom stereocenters. The average Bonchev–Trinajstić information content (AvgIpc) is 2.15. The number of Topliss-reactive ketones (excluding diaryl/α,β-unsaturated/α-hetero) is 1. The van der Waals surface area contributed by atoms with Crippen LogP contribution < -0.4 is 0 Å². The van der Waals surface area contributed by atoms with E-state index in [4.69, 9.17) is 4.74 Å². The molecule has 0 amide bonds. The molecule has 0 aromatic rings. The normalized spacial score (nSPS) is 44.9. The second kappa shape index (κ2) is 2.06. The van der Waals surface area contributed by atoms with E-state index in [0.717, 1.165) is 19.3 Å². The van der Waals surface area contributed by atoms with E-state index in [0.29, 0.717) is 23.7 Å². The van der Waals surface area contributed by atoms with Gasteiger partial charge in [0, 0.05) is 20.0 Å². The van der Waals surface area contributed by atoms with Crippen molar-refractivity contribution in [2.75, 3.05) is 7.11 Å². The van der Waals surface area contributed by atoms with Gasteiger partial charge in [0.25, 0.3) is 0 Å². The minimum atomic E-state index is 0.399. The summed E-state index contributed by atoms with van der Waals surface area (Å²) >= 11 is 0. The molecule has 2 nitrogen and oxygen atoms in total. The molecule has 10 heavy (non-hydrogen) atoms. The van der Waals surface area contributed by atoms with E-state index >= 15 is 0 Å². The first kappa shape index (κ1) is 6.35. The summed E-state index contributed by atoms with van der Waals surface area (Å²) in [4.78, 5) is 10.9. The fourth-order valence-electron chi connectivity index (χ4n) is 2.20. The first-order valence-electron chi connectivity index (χ1n) is 3.85. The number of hydrogen-bond donors (Lipinski definition) is 0. The van der Waals surface area contributed by atoms with Gasteiger partial charge in [-0.15, -0.1) is 0 Å². The minimum Gasteiger partial charge on any atom is -0.381 e. The predicted octanol–water partition coefficient (Wildman–Crippen LogP) is 1.00. The summed E-state index contributed by atoms with van der Waals surface area (Å²) in [7, 11) is 1.74. The van der Waals surface area contributed by atoms with Gasteiger partial charge in [0.15, 0.2) is 0 Å². The van der Waals surface area contributed by atoms with E-state index in [1.807, 2.05) is 0 Å². The number of hydrogen-bond acceptors (Lipinski definition) is 2. The van der Waals surface area contributed by atoms with Crippen LogP contribution in [0.15, 0.2) is 0 Å². The Balaban J connectivity index is 1.99. The SMILES string of the molecule is CO[C@@H]1C[C@H]2CC(=O)C[C@H]21. The number of carbonyl (C=O) groups excluding carboxylic acids is 1. The largest absolute Gasteiger partial charge is 0.381 e. The van der Waals surface area contributed by atoms with Crippen LogP contribution in [-0.4, -0.2) is 19.0 Å². The Morgan fingerprint density at radius 3 is 2.90 bits per heavy atom. The molecule has 0 N–H and O–H groups in total. The molecular weight excluding hydrogens is 128 g/mol. The van der Waals surface area contributed by atoms with Gasteiger partial charge in [-0.1, -0.05) is 0 Å². The molecule has 56 valence electrons. The topological polar surface area (TPSA) is 26.3 Å². The second-order valence-electron chi connectivity index (χ2n) is 3.38. The Morgan fingerprint density at radius 2 is 2.30 bits per heavy atom. The third-order valence-corrected chi connectivity index (χ3v) is 2.87.